The molecular weight excluding hydrogens is 183 g/mol. The highest BCUT2D eigenvalue weighted by Gasteiger charge is 1.97. The van der Waals surface area contributed by atoms with Crippen molar-refractivity contribution in [1.29, 1.82) is 0 Å². The highest BCUT2D eigenvalue weighted by molar-refractivity contribution is 5.85. The lowest BCUT2D eigenvalue weighted by atomic mass is 10.3. The summed E-state index contributed by atoms with van der Waals surface area (Å²) in [5, 5.41) is 5.37. The minimum Gasteiger partial charge on any atom is -0.353 e. The molecule has 12 heavy (non-hydrogen) atoms. The number of carbonyl (C=O) groups is 1. The quantitative estimate of drug-likeness (QED) is 0.611. The Morgan fingerprint density at radius 3 is 2.58 bits per heavy atom. The van der Waals surface area contributed by atoms with Crippen molar-refractivity contribution in [3.63, 3.8) is 0 Å². The van der Waals surface area contributed by atoms with E-state index in [-0.39, 0.29) is 24.9 Å². The van der Waals surface area contributed by atoms with E-state index in [0.29, 0.717) is 6.42 Å². The maximum Gasteiger partial charge on any atom is 0.220 e. The van der Waals surface area contributed by atoms with E-state index in [1.54, 1.807) is 0 Å². The molecule has 0 rings (SSSR count). The molecule has 0 bridgehead atoms. The van der Waals surface area contributed by atoms with Crippen molar-refractivity contribution in [1.82, 2.24) is 10.6 Å². The SMILES string of the molecule is CNCCCC(=O)NCCF.Cl. The van der Waals surface area contributed by atoms with E-state index in [0.717, 1.165) is 13.0 Å². The summed E-state index contributed by atoms with van der Waals surface area (Å²) in [6, 6.07) is 0. The second-order valence-electron chi connectivity index (χ2n) is 2.25. The van der Waals surface area contributed by atoms with Crippen LogP contribution in [0.2, 0.25) is 0 Å². The molecule has 0 atom stereocenters. The molecule has 3 nitrogen and oxygen atoms in total. The van der Waals surface area contributed by atoms with Crippen LogP contribution in [-0.2, 0) is 4.79 Å². The number of hydrogen-bond donors (Lipinski definition) is 2. The Kier molecular flexibility index (Phi) is 12.6. The van der Waals surface area contributed by atoms with Crippen molar-refractivity contribution in [3.05, 3.63) is 0 Å². The van der Waals surface area contributed by atoms with E-state index in [4.69, 9.17) is 0 Å². The number of nitrogens with one attached hydrogen (secondary N) is 2. The van der Waals surface area contributed by atoms with Gasteiger partial charge in [-0.2, -0.15) is 0 Å². The van der Waals surface area contributed by atoms with E-state index < -0.39 is 6.67 Å². The third-order valence-corrected chi connectivity index (χ3v) is 1.25. The minimum atomic E-state index is -0.488. The first-order chi connectivity index (χ1) is 5.31. The maximum absolute atomic E-state index is 11.5. The minimum absolute atomic E-state index is 0. The zero-order valence-corrected chi connectivity index (χ0v) is 8.05. The van der Waals surface area contributed by atoms with Gasteiger partial charge in [0.05, 0.1) is 0 Å². The van der Waals surface area contributed by atoms with Gasteiger partial charge in [-0.15, -0.1) is 12.4 Å². The van der Waals surface area contributed by atoms with Crippen molar-refractivity contribution >= 4 is 18.3 Å². The van der Waals surface area contributed by atoms with Gasteiger partial charge in [-0.05, 0) is 20.0 Å². The molecule has 2 N–H and O–H groups in total. The van der Waals surface area contributed by atoms with E-state index in [1.807, 2.05) is 7.05 Å². The molecule has 0 aliphatic carbocycles. The first kappa shape index (κ1) is 14.2. The fraction of sp³-hybridized carbons (Fsp3) is 0.857. The lowest BCUT2D eigenvalue weighted by molar-refractivity contribution is -0.121. The maximum atomic E-state index is 11.5. The van der Waals surface area contributed by atoms with Crippen LogP contribution in [0.5, 0.6) is 0 Å². The van der Waals surface area contributed by atoms with E-state index in [2.05, 4.69) is 10.6 Å². The van der Waals surface area contributed by atoms with Crippen LogP contribution in [-0.4, -0.2) is 32.7 Å². The third-order valence-electron chi connectivity index (χ3n) is 1.25. The molecule has 74 valence electrons. The Morgan fingerprint density at radius 2 is 2.08 bits per heavy atom. The summed E-state index contributed by atoms with van der Waals surface area (Å²) in [5.41, 5.74) is 0. The molecule has 1 amide bonds. The van der Waals surface area contributed by atoms with Crippen molar-refractivity contribution in [2.45, 2.75) is 12.8 Å². The molecule has 0 heterocycles. The Bertz CT molecular complexity index is 114. The first-order valence-corrected chi connectivity index (χ1v) is 3.78. The Morgan fingerprint density at radius 1 is 1.42 bits per heavy atom. The highest BCUT2D eigenvalue weighted by Crippen LogP contribution is 1.85. The molecule has 0 spiro atoms. The standard InChI is InChI=1S/C7H15FN2O.ClH/c1-9-5-2-3-7(11)10-6-4-8;/h9H,2-6H2,1H3,(H,10,11);1H. The summed E-state index contributed by atoms with van der Waals surface area (Å²) >= 11 is 0. The zero-order chi connectivity index (χ0) is 8.53. The van der Waals surface area contributed by atoms with Crippen molar-refractivity contribution in [2.24, 2.45) is 0 Å². The highest BCUT2D eigenvalue weighted by atomic mass is 35.5. The van der Waals surface area contributed by atoms with Crippen molar-refractivity contribution in [3.8, 4) is 0 Å². The number of hydrogen-bond acceptors (Lipinski definition) is 2. The van der Waals surface area contributed by atoms with Gasteiger partial charge in [0.15, 0.2) is 0 Å². The molecule has 5 heteroatoms. The molecule has 0 aromatic carbocycles. The molecule has 0 saturated carbocycles. The van der Waals surface area contributed by atoms with Gasteiger partial charge in [0, 0.05) is 13.0 Å². The van der Waals surface area contributed by atoms with Gasteiger partial charge in [0.2, 0.25) is 5.91 Å². The fourth-order valence-electron chi connectivity index (χ4n) is 0.701. The predicted molar refractivity (Wildman–Crippen MR) is 49.4 cm³/mol. The van der Waals surface area contributed by atoms with Crippen LogP contribution in [0, 0.1) is 0 Å². The van der Waals surface area contributed by atoms with Gasteiger partial charge in [-0.3, -0.25) is 4.79 Å². The summed E-state index contributed by atoms with van der Waals surface area (Å²) in [6.45, 7) is 0.471. The van der Waals surface area contributed by atoms with Crippen molar-refractivity contribution < 1.29 is 9.18 Å². The topological polar surface area (TPSA) is 41.1 Å². The van der Waals surface area contributed by atoms with Gasteiger partial charge in [0.25, 0.3) is 0 Å². The van der Waals surface area contributed by atoms with Crippen LogP contribution >= 0.6 is 12.4 Å². The average molecular weight is 199 g/mol. The zero-order valence-electron chi connectivity index (χ0n) is 7.23. The third kappa shape index (κ3) is 9.65. The second-order valence-corrected chi connectivity index (χ2v) is 2.25. The van der Waals surface area contributed by atoms with Gasteiger partial charge in [-0.1, -0.05) is 0 Å². The van der Waals surface area contributed by atoms with Crippen LogP contribution < -0.4 is 10.6 Å². The predicted octanol–water partition coefficient (Wildman–Crippen LogP) is 0.493. The van der Waals surface area contributed by atoms with Crippen LogP contribution in [0.3, 0.4) is 0 Å². The van der Waals surface area contributed by atoms with E-state index in [9.17, 15) is 9.18 Å². The van der Waals surface area contributed by atoms with Crippen LogP contribution in [0.1, 0.15) is 12.8 Å². The van der Waals surface area contributed by atoms with Crippen molar-refractivity contribution in [2.75, 3.05) is 26.8 Å². The molecule has 0 aromatic rings. The average Bonchev–Trinajstić information content (AvgIpc) is 2.01. The lowest BCUT2D eigenvalue weighted by Gasteiger charge is -2.01. The number of amides is 1. The molecule has 0 fully saturated rings. The summed E-state index contributed by atoms with van der Waals surface area (Å²) in [7, 11) is 1.83. The summed E-state index contributed by atoms with van der Waals surface area (Å²) in [6.07, 6.45) is 1.27. The monoisotopic (exact) mass is 198 g/mol. The largest absolute Gasteiger partial charge is 0.353 e. The molecule has 0 aliphatic rings. The Hall–Kier alpha value is -0.350. The Labute approximate surface area is 78.5 Å². The fourth-order valence-corrected chi connectivity index (χ4v) is 0.701. The summed E-state index contributed by atoms with van der Waals surface area (Å²) in [5.74, 6) is -0.0714. The summed E-state index contributed by atoms with van der Waals surface area (Å²) in [4.78, 5) is 10.8. The van der Waals surface area contributed by atoms with Crippen LogP contribution in [0.15, 0.2) is 0 Å². The van der Waals surface area contributed by atoms with Crippen LogP contribution in [0.25, 0.3) is 0 Å². The number of carbonyl (C=O) groups excluding carboxylic acids is 1. The number of halogens is 2. The molecule has 0 aromatic heterocycles. The smallest absolute Gasteiger partial charge is 0.220 e. The molecular formula is C7H16ClFN2O. The van der Waals surface area contributed by atoms with Gasteiger partial charge >= 0.3 is 0 Å². The first-order valence-electron chi connectivity index (χ1n) is 3.78. The normalized spacial score (nSPS) is 8.83. The van der Waals surface area contributed by atoms with Gasteiger partial charge in [0.1, 0.15) is 6.67 Å². The van der Waals surface area contributed by atoms with E-state index in [1.165, 1.54) is 0 Å². The van der Waals surface area contributed by atoms with Gasteiger partial charge in [-0.25, -0.2) is 4.39 Å². The molecule has 0 radical (unpaired) electrons. The summed E-state index contributed by atoms with van der Waals surface area (Å²) < 4.78 is 11.5. The molecule has 0 unspecified atom stereocenters. The second kappa shape index (κ2) is 10.7. The molecule has 0 aliphatic heterocycles. The molecule has 0 saturated heterocycles. The van der Waals surface area contributed by atoms with Crippen LogP contribution in [0.4, 0.5) is 4.39 Å². The number of alkyl halides is 1. The van der Waals surface area contributed by atoms with Gasteiger partial charge < -0.3 is 10.6 Å². The Balaban J connectivity index is 0. The van der Waals surface area contributed by atoms with E-state index >= 15 is 0 Å². The lowest BCUT2D eigenvalue weighted by Crippen LogP contribution is -2.26. The number of rotatable bonds is 6.